The third-order valence-corrected chi connectivity index (χ3v) is 5.43. The molecule has 4 rings (SSSR count). The van der Waals surface area contributed by atoms with Crippen molar-refractivity contribution in [2.45, 2.75) is 0 Å². The summed E-state index contributed by atoms with van der Waals surface area (Å²) in [6.45, 7) is 0. The molecule has 0 spiro atoms. The Morgan fingerprint density at radius 2 is 1.67 bits per heavy atom. The first kappa shape index (κ1) is 22.5. The van der Waals surface area contributed by atoms with Crippen LogP contribution in [0.15, 0.2) is 65.1 Å². The number of nitrogens with one attached hydrogen (secondary N) is 2. The monoisotopic (exact) mass is 484 g/mol. The second-order valence-electron chi connectivity index (χ2n) is 6.90. The SMILES string of the molecule is COc1ccc(NC(=O)c2oc3ccccc3c2NC(=O)c2cc(Cl)ccc2Cl)c(OC)c1. The number of anilines is 2. The molecule has 0 saturated carbocycles. The molecule has 1 heterocycles. The molecular formula is C24H18Cl2N2O5. The summed E-state index contributed by atoms with van der Waals surface area (Å²) in [7, 11) is 3.01. The maximum atomic E-state index is 13.2. The van der Waals surface area contributed by atoms with Gasteiger partial charge in [-0.15, -0.1) is 0 Å². The summed E-state index contributed by atoms with van der Waals surface area (Å²) in [5.74, 6) is -0.233. The van der Waals surface area contributed by atoms with E-state index in [4.69, 9.17) is 37.1 Å². The number of amides is 2. The number of carbonyl (C=O) groups is 2. The van der Waals surface area contributed by atoms with Crippen LogP contribution in [0.4, 0.5) is 11.4 Å². The van der Waals surface area contributed by atoms with E-state index in [2.05, 4.69) is 10.6 Å². The van der Waals surface area contributed by atoms with Gasteiger partial charge >= 0.3 is 0 Å². The average Bonchev–Trinajstić information content (AvgIpc) is 3.19. The summed E-state index contributed by atoms with van der Waals surface area (Å²) >= 11 is 12.2. The molecule has 0 aliphatic carbocycles. The number of rotatable bonds is 6. The minimum atomic E-state index is -0.581. The van der Waals surface area contributed by atoms with E-state index < -0.39 is 11.8 Å². The van der Waals surface area contributed by atoms with E-state index in [-0.39, 0.29) is 22.0 Å². The Hall–Kier alpha value is -3.68. The van der Waals surface area contributed by atoms with Crippen LogP contribution in [0.3, 0.4) is 0 Å². The van der Waals surface area contributed by atoms with Gasteiger partial charge in [0.2, 0.25) is 5.76 Å². The molecule has 0 bridgehead atoms. The van der Waals surface area contributed by atoms with Crippen molar-refractivity contribution in [2.75, 3.05) is 24.9 Å². The van der Waals surface area contributed by atoms with Crippen molar-refractivity contribution >= 4 is 57.4 Å². The number of methoxy groups -OCH3 is 2. The maximum absolute atomic E-state index is 13.2. The Morgan fingerprint density at radius 3 is 2.42 bits per heavy atom. The van der Waals surface area contributed by atoms with Crippen molar-refractivity contribution in [2.24, 2.45) is 0 Å². The molecule has 3 aromatic carbocycles. The number of carbonyl (C=O) groups excluding carboxylic acids is 2. The molecule has 9 heteroatoms. The number of hydrogen-bond acceptors (Lipinski definition) is 5. The van der Waals surface area contributed by atoms with Crippen LogP contribution >= 0.6 is 23.2 Å². The molecule has 0 aliphatic heterocycles. The van der Waals surface area contributed by atoms with E-state index >= 15 is 0 Å². The van der Waals surface area contributed by atoms with Crippen molar-refractivity contribution < 1.29 is 23.5 Å². The minimum Gasteiger partial charge on any atom is -0.497 e. The molecule has 0 saturated heterocycles. The predicted octanol–water partition coefficient (Wildman–Crippen LogP) is 6.26. The second kappa shape index (κ2) is 9.44. The Balaban J connectivity index is 1.71. The fourth-order valence-electron chi connectivity index (χ4n) is 3.26. The largest absolute Gasteiger partial charge is 0.497 e. The molecule has 0 radical (unpaired) electrons. The van der Waals surface area contributed by atoms with Crippen molar-refractivity contribution in [1.29, 1.82) is 0 Å². The van der Waals surface area contributed by atoms with Gasteiger partial charge in [0.1, 0.15) is 22.8 Å². The van der Waals surface area contributed by atoms with Gasteiger partial charge in [-0.3, -0.25) is 9.59 Å². The summed E-state index contributed by atoms with van der Waals surface area (Å²) in [6, 6.07) is 16.5. The van der Waals surface area contributed by atoms with Crippen LogP contribution in [-0.4, -0.2) is 26.0 Å². The smallest absolute Gasteiger partial charge is 0.293 e. The average molecular weight is 485 g/mol. The molecule has 168 valence electrons. The lowest BCUT2D eigenvalue weighted by molar-refractivity contribution is 0.0999. The third kappa shape index (κ3) is 4.60. The summed E-state index contributed by atoms with van der Waals surface area (Å²) in [5, 5.41) is 6.62. The minimum absolute atomic E-state index is 0.0828. The van der Waals surface area contributed by atoms with Crippen molar-refractivity contribution in [1.82, 2.24) is 0 Å². The Labute approximate surface area is 199 Å². The number of furan rings is 1. The van der Waals surface area contributed by atoms with E-state index in [1.807, 2.05) is 0 Å². The topological polar surface area (TPSA) is 89.8 Å². The van der Waals surface area contributed by atoms with Gasteiger partial charge in [0, 0.05) is 16.5 Å². The van der Waals surface area contributed by atoms with Crippen LogP contribution in [-0.2, 0) is 0 Å². The highest BCUT2D eigenvalue weighted by molar-refractivity contribution is 6.36. The van der Waals surface area contributed by atoms with Gasteiger partial charge in [0.05, 0.1) is 30.5 Å². The first-order valence-corrected chi connectivity index (χ1v) is 10.5. The number of fused-ring (bicyclic) bond motifs is 1. The van der Waals surface area contributed by atoms with E-state index in [9.17, 15) is 9.59 Å². The molecule has 0 aliphatic rings. The van der Waals surface area contributed by atoms with Crippen molar-refractivity contribution in [3.8, 4) is 11.5 Å². The van der Waals surface area contributed by atoms with Crippen molar-refractivity contribution in [3.05, 3.63) is 82.0 Å². The second-order valence-corrected chi connectivity index (χ2v) is 7.74. The van der Waals surface area contributed by atoms with Gasteiger partial charge in [0.25, 0.3) is 11.8 Å². The van der Waals surface area contributed by atoms with E-state index in [1.165, 1.54) is 26.4 Å². The number of benzene rings is 3. The zero-order valence-electron chi connectivity index (χ0n) is 17.6. The number of ether oxygens (including phenoxy) is 2. The molecule has 0 unspecified atom stereocenters. The normalized spacial score (nSPS) is 10.7. The van der Waals surface area contributed by atoms with E-state index in [0.717, 1.165) is 0 Å². The third-order valence-electron chi connectivity index (χ3n) is 4.87. The Bertz CT molecular complexity index is 1370. The lowest BCUT2D eigenvalue weighted by Crippen LogP contribution is -2.17. The van der Waals surface area contributed by atoms with E-state index in [0.29, 0.717) is 33.2 Å². The Morgan fingerprint density at radius 1 is 0.879 bits per heavy atom. The van der Waals surface area contributed by atoms with Crippen LogP contribution in [0, 0.1) is 0 Å². The molecule has 0 atom stereocenters. The van der Waals surface area contributed by atoms with Gasteiger partial charge in [-0.05, 0) is 42.5 Å². The van der Waals surface area contributed by atoms with Gasteiger partial charge in [-0.25, -0.2) is 0 Å². The lowest BCUT2D eigenvalue weighted by Gasteiger charge is -2.12. The summed E-state index contributed by atoms with van der Waals surface area (Å²) in [4.78, 5) is 26.1. The van der Waals surface area contributed by atoms with Gasteiger partial charge in [0.15, 0.2) is 0 Å². The first-order valence-electron chi connectivity index (χ1n) is 9.72. The number of hydrogen-bond donors (Lipinski definition) is 2. The van der Waals surface area contributed by atoms with Crippen LogP contribution in [0.5, 0.6) is 11.5 Å². The molecule has 4 aromatic rings. The summed E-state index contributed by atoms with van der Waals surface area (Å²) < 4.78 is 16.3. The van der Waals surface area contributed by atoms with E-state index in [1.54, 1.807) is 48.5 Å². The van der Waals surface area contributed by atoms with Crippen LogP contribution < -0.4 is 20.1 Å². The quantitative estimate of drug-likeness (QED) is 0.337. The van der Waals surface area contributed by atoms with Gasteiger partial charge < -0.3 is 24.5 Å². The number of halogens is 2. The molecule has 2 N–H and O–H groups in total. The number of para-hydroxylation sites is 1. The van der Waals surface area contributed by atoms with Gasteiger partial charge in [-0.1, -0.05) is 35.3 Å². The van der Waals surface area contributed by atoms with Gasteiger partial charge in [-0.2, -0.15) is 0 Å². The van der Waals surface area contributed by atoms with Crippen LogP contribution in [0.2, 0.25) is 10.0 Å². The predicted molar refractivity (Wildman–Crippen MR) is 128 cm³/mol. The first-order chi connectivity index (χ1) is 15.9. The lowest BCUT2D eigenvalue weighted by atomic mass is 10.1. The zero-order valence-corrected chi connectivity index (χ0v) is 19.1. The van der Waals surface area contributed by atoms with Crippen molar-refractivity contribution in [3.63, 3.8) is 0 Å². The summed E-state index contributed by atoms with van der Waals surface area (Å²) in [6.07, 6.45) is 0. The molecule has 33 heavy (non-hydrogen) atoms. The van der Waals surface area contributed by atoms with Crippen LogP contribution in [0.25, 0.3) is 11.0 Å². The standard InChI is InChI=1S/C24H18Cl2N2O5/c1-31-14-8-10-18(20(12-14)32-2)27-24(30)22-21(15-5-3-4-6-19(15)33-22)28-23(29)16-11-13(25)7-9-17(16)26/h3-12H,1-2H3,(H,27,30)(H,28,29). The Kier molecular flexibility index (Phi) is 6.44. The zero-order chi connectivity index (χ0) is 23.5. The molecule has 2 amide bonds. The maximum Gasteiger partial charge on any atom is 0.293 e. The summed E-state index contributed by atoms with van der Waals surface area (Å²) in [5.41, 5.74) is 1.20. The fraction of sp³-hybridized carbons (Fsp3) is 0.0833. The van der Waals surface area contributed by atoms with Crippen LogP contribution in [0.1, 0.15) is 20.9 Å². The highest BCUT2D eigenvalue weighted by Crippen LogP contribution is 2.34. The molecular weight excluding hydrogens is 467 g/mol. The molecule has 0 fully saturated rings. The fourth-order valence-corrected chi connectivity index (χ4v) is 3.64. The highest BCUT2D eigenvalue weighted by atomic mass is 35.5. The molecule has 7 nitrogen and oxygen atoms in total. The highest BCUT2D eigenvalue weighted by Gasteiger charge is 2.24. The molecule has 1 aromatic heterocycles.